The highest BCUT2D eigenvalue weighted by atomic mass is 19.3. The minimum atomic E-state index is -2.48. The van der Waals surface area contributed by atoms with Gasteiger partial charge in [0.15, 0.2) is 0 Å². The molecule has 0 aromatic heterocycles. The largest absolute Gasteiger partial charge is 0.326 e. The maximum atomic E-state index is 12.6. The molecule has 2 rings (SSSR count). The van der Waals surface area contributed by atoms with Crippen molar-refractivity contribution in [2.45, 2.75) is 18.8 Å². The van der Waals surface area contributed by atoms with E-state index in [1.165, 1.54) is 0 Å². The van der Waals surface area contributed by atoms with E-state index in [4.69, 9.17) is 0 Å². The standard InChI is InChI=1S/C10H9F2NO/c11-10(12)7-5-9(14)13-8-4-2-1-3-6(7)8/h1-4,7,10H,5H2,(H,13,14)/t7-/m0/s1. The molecular weight excluding hydrogens is 188 g/mol. The lowest BCUT2D eigenvalue weighted by atomic mass is 9.91. The van der Waals surface area contributed by atoms with Gasteiger partial charge in [-0.15, -0.1) is 0 Å². The lowest BCUT2D eigenvalue weighted by Crippen LogP contribution is -2.26. The van der Waals surface area contributed by atoms with E-state index in [1.54, 1.807) is 24.3 Å². The Kier molecular flexibility index (Phi) is 2.19. The second kappa shape index (κ2) is 3.36. The van der Waals surface area contributed by atoms with Crippen molar-refractivity contribution in [2.75, 3.05) is 5.32 Å². The van der Waals surface area contributed by atoms with Gasteiger partial charge >= 0.3 is 0 Å². The maximum absolute atomic E-state index is 12.6. The zero-order chi connectivity index (χ0) is 10.1. The number of carbonyl (C=O) groups is 1. The van der Waals surface area contributed by atoms with Crippen molar-refractivity contribution in [1.29, 1.82) is 0 Å². The molecule has 0 fully saturated rings. The van der Waals surface area contributed by atoms with E-state index in [9.17, 15) is 13.6 Å². The number of benzene rings is 1. The molecule has 1 aliphatic heterocycles. The van der Waals surface area contributed by atoms with Gasteiger partial charge in [-0.05, 0) is 11.6 Å². The molecule has 0 bridgehead atoms. The summed E-state index contributed by atoms with van der Waals surface area (Å²) in [6.45, 7) is 0. The monoisotopic (exact) mass is 197 g/mol. The first-order chi connectivity index (χ1) is 6.68. The predicted octanol–water partition coefficient (Wildman–Crippen LogP) is 2.38. The number of hydrogen-bond donors (Lipinski definition) is 1. The van der Waals surface area contributed by atoms with Crippen molar-refractivity contribution >= 4 is 11.6 Å². The van der Waals surface area contributed by atoms with Crippen molar-refractivity contribution in [3.05, 3.63) is 29.8 Å². The summed E-state index contributed by atoms with van der Waals surface area (Å²) in [5.41, 5.74) is 1.04. The van der Waals surface area contributed by atoms with Crippen LogP contribution in [0.4, 0.5) is 14.5 Å². The van der Waals surface area contributed by atoms with Crippen molar-refractivity contribution < 1.29 is 13.6 Å². The van der Waals surface area contributed by atoms with Crippen LogP contribution in [0.15, 0.2) is 24.3 Å². The van der Waals surface area contributed by atoms with E-state index in [0.29, 0.717) is 11.3 Å². The highest BCUT2D eigenvalue weighted by molar-refractivity contribution is 5.94. The second-order valence-electron chi connectivity index (χ2n) is 3.28. The van der Waals surface area contributed by atoms with Crippen LogP contribution in [0.25, 0.3) is 0 Å². The second-order valence-corrected chi connectivity index (χ2v) is 3.28. The van der Waals surface area contributed by atoms with Gasteiger partial charge in [-0.25, -0.2) is 8.78 Å². The fraction of sp³-hybridized carbons (Fsp3) is 0.300. The molecule has 1 aromatic rings. The highest BCUT2D eigenvalue weighted by Crippen LogP contribution is 2.35. The van der Waals surface area contributed by atoms with Crippen LogP contribution in [0.5, 0.6) is 0 Å². The molecule has 1 aliphatic rings. The molecule has 0 saturated heterocycles. The molecule has 1 amide bonds. The number of para-hydroxylation sites is 1. The Morgan fingerprint density at radius 3 is 2.79 bits per heavy atom. The SMILES string of the molecule is O=C1C[C@H](C(F)F)c2ccccc2N1. The quantitative estimate of drug-likeness (QED) is 0.735. The van der Waals surface area contributed by atoms with Crippen LogP contribution < -0.4 is 5.32 Å². The average molecular weight is 197 g/mol. The van der Waals surface area contributed by atoms with Crippen molar-refractivity contribution in [2.24, 2.45) is 0 Å². The van der Waals surface area contributed by atoms with Gasteiger partial charge in [-0.1, -0.05) is 18.2 Å². The number of hydrogen-bond acceptors (Lipinski definition) is 1. The zero-order valence-electron chi connectivity index (χ0n) is 7.34. The molecule has 1 aromatic carbocycles. The van der Waals surface area contributed by atoms with Crippen LogP contribution in [-0.2, 0) is 4.79 Å². The molecule has 74 valence electrons. The third-order valence-corrected chi connectivity index (χ3v) is 2.34. The van der Waals surface area contributed by atoms with Gasteiger partial charge in [-0.3, -0.25) is 4.79 Å². The summed E-state index contributed by atoms with van der Waals surface area (Å²) in [7, 11) is 0. The molecule has 0 unspecified atom stereocenters. The Bertz CT molecular complexity index is 365. The Hall–Kier alpha value is -1.45. The van der Waals surface area contributed by atoms with Crippen LogP contribution in [0.3, 0.4) is 0 Å². The first-order valence-electron chi connectivity index (χ1n) is 4.35. The minimum Gasteiger partial charge on any atom is -0.326 e. The fourth-order valence-electron chi connectivity index (χ4n) is 1.67. The van der Waals surface area contributed by atoms with Crippen LogP contribution in [0.2, 0.25) is 0 Å². The van der Waals surface area contributed by atoms with Crippen LogP contribution in [-0.4, -0.2) is 12.3 Å². The number of fused-ring (bicyclic) bond motifs is 1. The molecule has 14 heavy (non-hydrogen) atoms. The summed E-state index contributed by atoms with van der Waals surface area (Å²) in [4.78, 5) is 11.1. The van der Waals surface area contributed by atoms with E-state index in [2.05, 4.69) is 5.32 Å². The van der Waals surface area contributed by atoms with Crippen LogP contribution in [0.1, 0.15) is 17.9 Å². The normalized spacial score (nSPS) is 20.5. The Morgan fingerprint density at radius 2 is 2.07 bits per heavy atom. The van der Waals surface area contributed by atoms with Crippen molar-refractivity contribution in [3.8, 4) is 0 Å². The Balaban J connectivity index is 2.43. The predicted molar refractivity (Wildman–Crippen MR) is 48.4 cm³/mol. The van der Waals surface area contributed by atoms with Gasteiger partial charge < -0.3 is 5.32 Å². The minimum absolute atomic E-state index is 0.130. The number of alkyl halides is 2. The summed E-state index contributed by atoms with van der Waals surface area (Å²) >= 11 is 0. The Labute approximate surface area is 79.9 Å². The summed E-state index contributed by atoms with van der Waals surface area (Å²) in [5.74, 6) is -1.30. The van der Waals surface area contributed by atoms with Gasteiger partial charge in [0.25, 0.3) is 0 Å². The van der Waals surface area contributed by atoms with Crippen molar-refractivity contribution in [1.82, 2.24) is 0 Å². The van der Waals surface area contributed by atoms with Gasteiger partial charge in [0.2, 0.25) is 12.3 Å². The molecular formula is C10H9F2NO. The number of nitrogens with one attached hydrogen (secondary N) is 1. The first kappa shape index (κ1) is 9.12. The van der Waals surface area contributed by atoms with Crippen LogP contribution >= 0.6 is 0 Å². The summed E-state index contributed by atoms with van der Waals surface area (Å²) in [5, 5.41) is 2.57. The number of halogens is 2. The molecule has 4 heteroatoms. The molecule has 2 nitrogen and oxygen atoms in total. The van der Waals surface area contributed by atoms with E-state index in [-0.39, 0.29) is 12.3 Å². The zero-order valence-corrected chi connectivity index (χ0v) is 7.34. The average Bonchev–Trinajstić information content (AvgIpc) is 2.16. The highest BCUT2D eigenvalue weighted by Gasteiger charge is 2.31. The number of carbonyl (C=O) groups excluding carboxylic acids is 1. The van der Waals surface area contributed by atoms with E-state index >= 15 is 0 Å². The number of anilines is 1. The number of amides is 1. The number of rotatable bonds is 1. The molecule has 0 aliphatic carbocycles. The van der Waals surface area contributed by atoms with E-state index in [0.717, 1.165) is 0 Å². The summed E-state index contributed by atoms with van der Waals surface area (Å²) in [6.07, 6.45) is -2.61. The third kappa shape index (κ3) is 1.47. The Morgan fingerprint density at radius 1 is 1.36 bits per heavy atom. The fourth-order valence-corrected chi connectivity index (χ4v) is 1.67. The molecule has 1 atom stereocenters. The maximum Gasteiger partial charge on any atom is 0.245 e. The summed E-state index contributed by atoms with van der Waals surface area (Å²) < 4.78 is 25.2. The lowest BCUT2D eigenvalue weighted by Gasteiger charge is -2.24. The van der Waals surface area contributed by atoms with E-state index in [1.807, 2.05) is 0 Å². The molecule has 0 radical (unpaired) electrons. The van der Waals surface area contributed by atoms with Gasteiger partial charge in [0.1, 0.15) is 0 Å². The molecule has 0 saturated carbocycles. The van der Waals surface area contributed by atoms with Gasteiger partial charge in [-0.2, -0.15) is 0 Å². The van der Waals surface area contributed by atoms with Crippen LogP contribution in [0, 0.1) is 0 Å². The van der Waals surface area contributed by atoms with E-state index < -0.39 is 12.3 Å². The lowest BCUT2D eigenvalue weighted by molar-refractivity contribution is -0.117. The molecule has 1 heterocycles. The molecule has 0 spiro atoms. The van der Waals surface area contributed by atoms with Crippen molar-refractivity contribution in [3.63, 3.8) is 0 Å². The summed E-state index contributed by atoms with van der Waals surface area (Å²) in [6, 6.07) is 6.69. The van der Waals surface area contributed by atoms with Gasteiger partial charge in [0.05, 0.1) is 5.92 Å². The third-order valence-electron chi connectivity index (χ3n) is 2.34. The topological polar surface area (TPSA) is 29.1 Å². The molecule has 1 N–H and O–H groups in total. The van der Waals surface area contributed by atoms with Gasteiger partial charge in [0, 0.05) is 12.1 Å². The smallest absolute Gasteiger partial charge is 0.245 e. The first-order valence-corrected chi connectivity index (χ1v) is 4.35.